The van der Waals surface area contributed by atoms with Crippen LogP contribution in [0.15, 0.2) is 33.0 Å². The van der Waals surface area contributed by atoms with E-state index in [2.05, 4.69) is 5.32 Å². The molecule has 8 nitrogen and oxygen atoms in total. The van der Waals surface area contributed by atoms with Gasteiger partial charge in [0.15, 0.2) is 0 Å². The summed E-state index contributed by atoms with van der Waals surface area (Å²) in [6.45, 7) is 0. The average molecular weight is 463 g/mol. The van der Waals surface area contributed by atoms with Crippen LogP contribution in [0.25, 0.3) is 0 Å². The van der Waals surface area contributed by atoms with Crippen LogP contribution in [-0.2, 0) is 29.9 Å². The highest BCUT2D eigenvalue weighted by Gasteiger charge is 2.66. The molecule has 0 bridgehead atoms. The Morgan fingerprint density at radius 2 is 2.29 bits per heavy atom. The second kappa shape index (κ2) is 8.57. The topological polar surface area (TPSA) is 113 Å². The lowest BCUT2D eigenvalue weighted by molar-refractivity contribution is -0.192. The van der Waals surface area contributed by atoms with Crippen LogP contribution in [0.5, 0.6) is 0 Å². The molecule has 28 heavy (non-hydrogen) atoms. The molecule has 2 aliphatic rings. The lowest BCUT2D eigenvalue weighted by Gasteiger charge is -2.55. The molecule has 1 fully saturated rings. The Balaban J connectivity index is 1.78. The minimum Gasteiger partial charge on any atom is -0.477 e. The van der Waals surface area contributed by atoms with E-state index in [0.29, 0.717) is 21.3 Å². The second-order valence-corrected chi connectivity index (χ2v) is 10.5. The SMILES string of the molecule is CO[C@@]1(NC(=O)CS(=O)c2cccs2)C(=O)N2C(C(=O)O)=C(CSC)CS[C@H]21. The Hall–Kier alpha value is -1.34. The maximum atomic E-state index is 12.9. The highest BCUT2D eigenvalue weighted by Crippen LogP contribution is 2.46. The summed E-state index contributed by atoms with van der Waals surface area (Å²) in [6, 6.07) is 3.41. The molecule has 0 radical (unpaired) electrons. The molecule has 152 valence electrons. The highest BCUT2D eigenvalue weighted by atomic mass is 32.2. The van der Waals surface area contributed by atoms with Gasteiger partial charge < -0.3 is 15.2 Å². The molecule has 12 heteroatoms. The maximum Gasteiger partial charge on any atom is 0.352 e. The number of nitrogens with one attached hydrogen (secondary N) is 1. The maximum absolute atomic E-state index is 12.9. The molecule has 1 saturated heterocycles. The van der Waals surface area contributed by atoms with Crippen molar-refractivity contribution in [2.24, 2.45) is 0 Å². The van der Waals surface area contributed by atoms with Crippen LogP contribution in [0.4, 0.5) is 0 Å². The van der Waals surface area contributed by atoms with E-state index in [1.165, 1.54) is 46.9 Å². The number of methoxy groups -OCH3 is 1. The Kier molecular flexibility index (Phi) is 6.54. The van der Waals surface area contributed by atoms with Gasteiger partial charge in [-0.05, 0) is 23.3 Å². The first-order chi connectivity index (χ1) is 13.4. The molecule has 1 unspecified atom stereocenters. The second-order valence-electron chi connectivity index (χ2n) is 5.94. The Morgan fingerprint density at radius 1 is 1.54 bits per heavy atom. The third-order valence-corrected chi connectivity index (χ3v) is 8.89. The van der Waals surface area contributed by atoms with Gasteiger partial charge in [0.1, 0.15) is 16.8 Å². The number of hydrogen-bond acceptors (Lipinski definition) is 8. The number of thioether (sulfide) groups is 2. The Bertz CT molecular complexity index is 855. The molecule has 1 aromatic rings. The normalized spacial score (nSPS) is 25.1. The third-order valence-electron chi connectivity index (χ3n) is 4.26. The summed E-state index contributed by atoms with van der Waals surface area (Å²) >= 11 is 4.09. The minimum absolute atomic E-state index is 0.0489. The van der Waals surface area contributed by atoms with Gasteiger partial charge in [0.2, 0.25) is 5.91 Å². The van der Waals surface area contributed by atoms with Crippen molar-refractivity contribution in [3.8, 4) is 0 Å². The van der Waals surface area contributed by atoms with Gasteiger partial charge >= 0.3 is 5.97 Å². The van der Waals surface area contributed by atoms with Crippen molar-refractivity contribution < 1.29 is 28.4 Å². The van der Waals surface area contributed by atoms with E-state index in [1.807, 2.05) is 6.26 Å². The van der Waals surface area contributed by atoms with Crippen LogP contribution in [0.3, 0.4) is 0 Å². The summed E-state index contributed by atoms with van der Waals surface area (Å²) in [6.07, 6.45) is 1.86. The van der Waals surface area contributed by atoms with Crippen LogP contribution >= 0.6 is 34.9 Å². The molecule has 3 atom stereocenters. The number of rotatable bonds is 8. The summed E-state index contributed by atoms with van der Waals surface area (Å²) in [4.78, 5) is 38.2. The summed E-state index contributed by atoms with van der Waals surface area (Å²) in [7, 11) is -0.242. The third kappa shape index (κ3) is 3.63. The van der Waals surface area contributed by atoms with E-state index >= 15 is 0 Å². The molecule has 3 heterocycles. The molecular formula is C16H18N2O6S4. The van der Waals surface area contributed by atoms with Gasteiger partial charge in [0.05, 0.1) is 15.0 Å². The fraction of sp³-hybridized carbons (Fsp3) is 0.438. The van der Waals surface area contributed by atoms with Crippen molar-refractivity contribution in [2.45, 2.75) is 15.3 Å². The zero-order chi connectivity index (χ0) is 20.5. The summed E-state index contributed by atoms with van der Waals surface area (Å²) in [5.41, 5.74) is -1.05. The predicted molar refractivity (Wildman–Crippen MR) is 110 cm³/mol. The Morgan fingerprint density at radius 3 is 2.86 bits per heavy atom. The van der Waals surface area contributed by atoms with Crippen LogP contribution in [0.2, 0.25) is 0 Å². The number of aliphatic carboxylic acids is 1. The van der Waals surface area contributed by atoms with Gasteiger partial charge in [0.25, 0.3) is 11.6 Å². The zero-order valence-corrected chi connectivity index (χ0v) is 18.3. The number of hydrogen-bond donors (Lipinski definition) is 2. The minimum atomic E-state index is -1.66. The first-order valence-electron chi connectivity index (χ1n) is 8.03. The van der Waals surface area contributed by atoms with Crippen molar-refractivity contribution in [2.75, 3.05) is 30.6 Å². The van der Waals surface area contributed by atoms with Gasteiger partial charge in [-0.25, -0.2) is 4.79 Å². The van der Waals surface area contributed by atoms with Crippen molar-refractivity contribution in [1.29, 1.82) is 0 Å². The van der Waals surface area contributed by atoms with E-state index in [9.17, 15) is 23.7 Å². The van der Waals surface area contributed by atoms with E-state index in [4.69, 9.17) is 4.74 Å². The fourth-order valence-corrected chi connectivity index (χ4v) is 7.11. The lowest BCUT2D eigenvalue weighted by Crippen LogP contribution is -2.80. The number of thiophene rings is 1. The lowest BCUT2D eigenvalue weighted by atomic mass is 9.98. The number of β-lactam (4-membered cyclic amide) rings is 1. The molecule has 0 spiro atoms. The smallest absolute Gasteiger partial charge is 0.352 e. The summed E-state index contributed by atoms with van der Waals surface area (Å²) in [5, 5.41) is 13.2. The fourth-order valence-electron chi connectivity index (χ4n) is 3.05. The summed E-state index contributed by atoms with van der Waals surface area (Å²) < 4.78 is 18.2. The number of carboxylic acid groups (broad SMARTS) is 1. The molecule has 0 aliphatic carbocycles. The number of ether oxygens (including phenoxy) is 1. The van der Waals surface area contributed by atoms with Crippen LogP contribution in [-0.4, -0.2) is 73.7 Å². The number of carbonyl (C=O) groups is 3. The number of nitrogens with zero attached hydrogens (tertiary/aromatic N) is 1. The zero-order valence-electron chi connectivity index (χ0n) is 15.0. The molecule has 0 saturated carbocycles. The van der Waals surface area contributed by atoms with Gasteiger partial charge in [-0.15, -0.1) is 23.1 Å². The quantitative estimate of drug-likeness (QED) is 0.433. The van der Waals surface area contributed by atoms with Crippen LogP contribution in [0, 0.1) is 0 Å². The molecule has 2 amide bonds. The Labute approximate surface area is 176 Å². The molecule has 2 N–H and O–H groups in total. The number of carbonyl (C=O) groups excluding carboxylic acids is 2. The van der Waals surface area contributed by atoms with Gasteiger partial charge in [-0.1, -0.05) is 6.07 Å². The monoisotopic (exact) mass is 462 g/mol. The molecule has 0 aromatic carbocycles. The van der Waals surface area contributed by atoms with Crippen molar-refractivity contribution >= 4 is 63.4 Å². The largest absolute Gasteiger partial charge is 0.477 e. The van der Waals surface area contributed by atoms with E-state index in [0.717, 1.165) is 0 Å². The number of fused-ring (bicyclic) bond motifs is 1. The van der Waals surface area contributed by atoms with Crippen molar-refractivity contribution in [1.82, 2.24) is 10.2 Å². The summed E-state index contributed by atoms with van der Waals surface area (Å²) in [5.74, 6) is -1.82. The number of carboxylic acids is 1. The molecular weight excluding hydrogens is 444 g/mol. The van der Waals surface area contributed by atoms with Gasteiger partial charge in [0, 0.05) is 18.6 Å². The van der Waals surface area contributed by atoms with Gasteiger partial charge in [-0.2, -0.15) is 11.8 Å². The first-order valence-corrected chi connectivity index (χ1v) is 12.7. The number of amides is 2. The van der Waals surface area contributed by atoms with Gasteiger partial charge in [-0.3, -0.25) is 18.7 Å². The molecule has 3 rings (SSSR count). The average Bonchev–Trinajstić information content (AvgIpc) is 3.20. The van der Waals surface area contributed by atoms with Crippen LogP contribution < -0.4 is 5.32 Å². The van der Waals surface area contributed by atoms with Crippen molar-refractivity contribution in [3.63, 3.8) is 0 Å². The molecule has 1 aromatic heterocycles. The van der Waals surface area contributed by atoms with Crippen LogP contribution in [0.1, 0.15) is 0 Å². The van der Waals surface area contributed by atoms with Crippen molar-refractivity contribution in [3.05, 3.63) is 28.8 Å². The first kappa shape index (κ1) is 21.4. The molecule has 2 aliphatic heterocycles. The predicted octanol–water partition coefficient (Wildman–Crippen LogP) is 0.931. The van der Waals surface area contributed by atoms with E-state index in [1.54, 1.807) is 17.5 Å². The van der Waals surface area contributed by atoms with E-state index in [-0.39, 0.29) is 11.4 Å². The highest BCUT2D eigenvalue weighted by molar-refractivity contribution is 8.00. The van der Waals surface area contributed by atoms with E-state index < -0.39 is 39.7 Å². The standard InChI is InChI=1S/C16H18N2O6S4/c1-24-16(17-10(19)8-28(23)11-4-3-5-26-11)14(22)18-12(13(20)21)9(6-25-2)7-27-15(16)18/h3-5,15H,6-8H2,1-2H3,(H,17,19)(H,20,21)/t15-,16-,28?/m0/s1.